The van der Waals surface area contributed by atoms with Crippen LogP contribution in [0.15, 0.2) is 0 Å². The summed E-state index contributed by atoms with van der Waals surface area (Å²) in [5.41, 5.74) is 6.10. The molecule has 4 nitrogen and oxygen atoms in total. The Balaban J connectivity index is 1.84. The summed E-state index contributed by atoms with van der Waals surface area (Å²) in [6, 6.07) is 0.369. The van der Waals surface area contributed by atoms with Crippen molar-refractivity contribution in [2.45, 2.75) is 32.7 Å². The molecular weight excluding hydrogens is 214 g/mol. The number of carbonyl (C=O) groups is 1. The molecule has 4 heteroatoms. The lowest BCUT2D eigenvalue weighted by molar-refractivity contribution is -0.131. The molecule has 0 aromatic rings. The highest BCUT2D eigenvalue weighted by atomic mass is 16.2. The molecular formula is C13H25N3O. The summed E-state index contributed by atoms with van der Waals surface area (Å²) in [6.07, 6.45) is 2.43. The summed E-state index contributed by atoms with van der Waals surface area (Å²) in [5.74, 6) is 1.65. The van der Waals surface area contributed by atoms with Crippen molar-refractivity contribution in [1.82, 2.24) is 9.80 Å². The molecule has 17 heavy (non-hydrogen) atoms. The van der Waals surface area contributed by atoms with Gasteiger partial charge in [0.05, 0.1) is 6.54 Å². The molecule has 1 aliphatic heterocycles. The average Bonchev–Trinajstić information content (AvgIpc) is 2.83. The fourth-order valence-electron chi connectivity index (χ4n) is 3.40. The van der Waals surface area contributed by atoms with Gasteiger partial charge in [0.15, 0.2) is 0 Å². The lowest BCUT2D eigenvalue weighted by atomic mass is 9.98. The molecule has 2 aliphatic rings. The maximum atomic E-state index is 12.0. The van der Waals surface area contributed by atoms with Crippen molar-refractivity contribution in [3.8, 4) is 0 Å². The number of nitrogens with zero attached hydrogens (tertiary/aromatic N) is 2. The van der Waals surface area contributed by atoms with Crippen molar-refractivity contribution >= 4 is 5.91 Å². The van der Waals surface area contributed by atoms with Crippen LogP contribution in [-0.4, -0.2) is 54.5 Å². The molecule has 2 rings (SSSR count). The minimum absolute atomic E-state index is 0.267. The van der Waals surface area contributed by atoms with E-state index in [0.29, 0.717) is 18.5 Å². The predicted molar refractivity (Wildman–Crippen MR) is 68.6 cm³/mol. The van der Waals surface area contributed by atoms with E-state index in [1.54, 1.807) is 0 Å². The Morgan fingerprint density at radius 2 is 2.00 bits per heavy atom. The van der Waals surface area contributed by atoms with Gasteiger partial charge in [-0.15, -0.1) is 0 Å². The van der Waals surface area contributed by atoms with Crippen LogP contribution in [0.1, 0.15) is 26.7 Å². The lowest BCUT2D eigenvalue weighted by Gasteiger charge is -2.23. The third-order valence-electron chi connectivity index (χ3n) is 4.46. The van der Waals surface area contributed by atoms with Crippen molar-refractivity contribution in [2.75, 3.05) is 32.7 Å². The molecule has 0 radical (unpaired) electrons. The lowest BCUT2D eigenvalue weighted by Crippen LogP contribution is -2.40. The molecule has 0 bridgehead atoms. The number of hydrogen-bond acceptors (Lipinski definition) is 3. The summed E-state index contributed by atoms with van der Waals surface area (Å²) in [7, 11) is 0. The van der Waals surface area contributed by atoms with Crippen LogP contribution < -0.4 is 5.73 Å². The highest BCUT2D eigenvalue weighted by Crippen LogP contribution is 2.36. The summed E-state index contributed by atoms with van der Waals surface area (Å²) in [6.45, 7) is 8.39. The molecule has 0 aromatic carbocycles. The van der Waals surface area contributed by atoms with Gasteiger partial charge in [-0.1, -0.05) is 0 Å². The van der Waals surface area contributed by atoms with Crippen LogP contribution >= 0.6 is 0 Å². The van der Waals surface area contributed by atoms with E-state index in [4.69, 9.17) is 5.73 Å². The van der Waals surface area contributed by atoms with Crippen molar-refractivity contribution in [2.24, 2.45) is 17.6 Å². The largest absolute Gasteiger partial charge is 0.342 e. The third-order valence-corrected chi connectivity index (χ3v) is 4.46. The fourth-order valence-corrected chi connectivity index (χ4v) is 3.40. The zero-order valence-corrected chi connectivity index (χ0v) is 11.1. The molecule has 1 saturated heterocycles. The predicted octanol–water partition coefficient (Wildman–Crippen LogP) is 0.524. The number of fused-ring (bicyclic) bond motifs is 1. The Kier molecular flexibility index (Phi) is 4.05. The van der Waals surface area contributed by atoms with E-state index in [1.165, 1.54) is 12.8 Å². The smallest absolute Gasteiger partial charge is 0.236 e. The monoisotopic (exact) mass is 239 g/mol. The molecule has 2 fully saturated rings. The van der Waals surface area contributed by atoms with Crippen LogP contribution in [0.4, 0.5) is 0 Å². The van der Waals surface area contributed by atoms with E-state index in [2.05, 4.69) is 4.90 Å². The van der Waals surface area contributed by atoms with E-state index in [1.807, 2.05) is 18.7 Å². The summed E-state index contributed by atoms with van der Waals surface area (Å²) in [5, 5.41) is 0. The van der Waals surface area contributed by atoms with Gasteiger partial charge in [0, 0.05) is 32.2 Å². The van der Waals surface area contributed by atoms with Crippen molar-refractivity contribution in [3.63, 3.8) is 0 Å². The second-order valence-corrected chi connectivity index (χ2v) is 5.43. The number of likely N-dealkylation sites (N-methyl/N-ethyl adjacent to an activating group) is 1. The zero-order chi connectivity index (χ0) is 12.4. The van der Waals surface area contributed by atoms with Crippen LogP contribution in [-0.2, 0) is 4.79 Å². The molecule has 1 saturated carbocycles. The maximum Gasteiger partial charge on any atom is 0.236 e. The van der Waals surface area contributed by atoms with Crippen molar-refractivity contribution in [1.29, 1.82) is 0 Å². The molecule has 1 heterocycles. The van der Waals surface area contributed by atoms with Crippen LogP contribution in [0.3, 0.4) is 0 Å². The fraction of sp³-hybridized carbons (Fsp3) is 0.923. The molecule has 2 N–H and O–H groups in total. The standard InChI is InChI=1S/C13H25N3O/c1-3-16(4-2)13(17)9-15-7-10-5-6-12(14)11(10)8-15/h10-12H,3-9,14H2,1-2H3. The van der Waals surface area contributed by atoms with Crippen LogP contribution in [0, 0.1) is 11.8 Å². The second kappa shape index (κ2) is 5.36. The molecule has 1 aliphatic carbocycles. The van der Waals surface area contributed by atoms with Gasteiger partial charge >= 0.3 is 0 Å². The first-order valence-corrected chi connectivity index (χ1v) is 6.91. The van der Waals surface area contributed by atoms with E-state index in [9.17, 15) is 4.79 Å². The van der Waals surface area contributed by atoms with Gasteiger partial charge in [0.2, 0.25) is 5.91 Å². The minimum Gasteiger partial charge on any atom is -0.342 e. The van der Waals surface area contributed by atoms with E-state index >= 15 is 0 Å². The topological polar surface area (TPSA) is 49.6 Å². The number of likely N-dealkylation sites (tertiary alicyclic amines) is 1. The zero-order valence-electron chi connectivity index (χ0n) is 11.1. The highest BCUT2D eigenvalue weighted by molar-refractivity contribution is 5.78. The Hall–Kier alpha value is -0.610. The first-order chi connectivity index (χ1) is 8.15. The summed E-state index contributed by atoms with van der Waals surface area (Å²) >= 11 is 0. The van der Waals surface area contributed by atoms with Gasteiger partial charge in [-0.25, -0.2) is 0 Å². The number of hydrogen-bond donors (Lipinski definition) is 1. The summed E-state index contributed by atoms with van der Waals surface area (Å²) in [4.78, 5) is 16.2. The average molecular weight is 239 g/mol. The summed E-state index contributed by atoms with van der Waals surface area (Å²) < 4.78 is 0. The quantitative estimate of drug-likeness (QED) is 0.778. The minimum atomic E-state index is 0.267. The van der Waals surface area contributed by atoms with Crippen molar-refractivity contribution < 1.29 is 4.79 Å². The molecule has 1 amide bonds. The molecule has 0 aromatic heterocycles. The Morgan fingerprint density at radius 1 is 1.29 bits per heavy atom. The van der Waals surface area contributed by atoms with Crippen LogP contribution in [0.25, 0.3) is 0 Å². The van der Waals surface area contributed by atoms with Gasteiger partial charge in [-0.3, -0.25) is 9.69 Å². The van der Waals surface area contributed by atoms with Crippen molar-refractivity contribution in [3.05, 3.63) is 0 Å². The third kappa shape index (κ3) is 2.63. The molecule has 3 atom stereocenters. The number of rotatable bonds is 4. The van der Waals surface area contributed by atoms with E-state index in [0.717, 1.165) is 32.1 Å². The molecule has 0 spiro atoms. The highest BCUT2D eigenvalue weighted by Gasteiger charge is 2.41. The van der Waals surface area contributed by atoms with Gasteiger partial charge in [0.1, 0.15) is 0 Å². The Bertz CT molecular complexity index is 278. The number of amides is 1. The van der Waals surface area contributed by atoms with Gasteiger partial charge in [0.25, 0.3) is 0 Å². The van der Waals surface area contributed by atoms with E-state index in [-0.39, 0.29) is 5.91 Å². The maximum absolute atomic E-state index is 12.0. The van der Waals surface area contributed by atoms with Gasteiger partial charge in [-0.05, 0) is 38.5 Å². The van der Waals surface area contributed by atoms with Crippen LogP contribution in [0.5, 0.6) is 0 Å². The number of nitrogens with two attached hydrogens (primary N) is 1. The molecule has 3 unspecified atom stereocenters. The normalized spacial score (nSPS) is 32.8. The SMILES string of the molecule is CCN(CC)C(=O)CN1CC2CCC(N)C2C1. The van der Waals surface area contributed by atoms with Crippen LogP contribution in [0.2, 0.25) is 0 Å². The first kappa shape index (κ1) is 12.8. The van der Waals surface area contributed by atoms with Gasteiger partial charge < -0.3 is 10.6 Å². The van der Waals surface area contributed by atoms with E-state index < -0.39 is 0 Å². The number of carbonyl (C=O) groups excluding carboxylic acids is 1. The Morgan fingerprint density at radius 3 is 2.59 bits per heavy atom. The Labute approximate surface area is 104 Å². The van der Waals surface area contributed by atoms with Gasteiger partial charge in [-0.2, -0.15) is 0 Å². The molecule has 98 valence electrons. The second-order valence-electron chi connectivity index (χ2n) is 5.43. The first-order valence-electron chi connectivity index (χ1n) is 6.91.